The number of carbonyl (C=O) groups excluding carboxylic acids is 3. The summed E-state index contributed by atoms with van der Waals surface area (Å²) in [7, 11) is 0. The lowest BCUT2D eigenvalue weighted by Gasteiger charge is -2.09. The van der Waals surface area contributed by atoms with E-state index in [0.717, 1.165) is 0 Å². The topological polar surface area (TPSA) is 101 Å². The van der Waals surface area contributed by atoms with Gasteiger partial charge in [0, 0.05) is 16.9 Å². The van der Waals surface area contributed by atoms with Crippen molar-refractivity contribution >= 4 is 52.0 Å². The van der Waals surface area contributed by atoms with Crippen LogP contribution < -0.4 is 16.4 Å². The van der Waals surface area contributed by atoms with Gasteiger partial charge in [0.25, 0.3) is 11.8 Å². The van der Waals surface area contributed by atoms with Crippen LogP contribution in [-0.4, -0.2) is 17.7 Å². The molecule has 0 aliphatic carbocycles. The van der Waals surface area contributed by atoms with Gasteiger partial charge < -0.3 is 16.4 Å². The molecule has 0 radical (unpaired) electrons. The van der Waals surface area contributed by atoms with E-state index in [9.17, 15) is 14.4 Å². The minimum absolute atomic E-state index is 0.150. The van der Waals surface area contributed by atoms with E-state index in [1.165, 1.54) is 29.5 Å². The number of hydrogen-bond donors (Lipinski definition) is 3. The molecule has 3 amide bonds. The van der Waals surface area contributed by atoms with Gasteiger partial charge in [-0.3, -0.25) is 14.4 Å². The minimum atomic E-state index is -0.646. The van der Waals surface area contributed by atoms with Gasteiger partial charge >= 0.3 is 0 Å². The largest absolute Gasteiger partial charge is 0.366 e. The minimum Gasteiger partial charge on any atom is -0.366 e. The number of benzene rings is 2. The van der Waals surface area contributed by atoms with E-state index in [1.807, 2.05) is 5.38 Å². The van der Waals surface area contributed by atoms with Crippen molar-refractivity contribution in [3.05, 3.63) is 81.0 Å². The lowest BCUT2D eigenvalue weighted by Crippen LogP contribution is -2.15. The molecule has 2 aromatic carbocycles. The zero-order valence-corrected chi connectivity index (χ0v) is 15.4. The number of thiophene rings is 1. The standard InChI is InChI=1S/C19H14ClN3O3S/c20-15-10-13(6-7-14(15)17(21)24)22-18(25)11-3-1-4-12(9-11)23-19(26)16-5-2-8-27-16/h1-10H,(H2,21,24)(H,22,25)(H,23,26). The Morgan fingerprint density at radius 3 is 2.30 bits per heavy atom. The quantitative estimate of drug-likeness (QED) is 0.604. The second kappa shape index (κ2) is 8.03. The molecule has 0 spiro atoms. The number of halogens is 1. The molecule has 3 aromatic rings. The summed E-state index contributed by atoms with van der Waals surface area (Å²) >= 11 is 7.32. The molecule has 6 nitrogen and oxygen atoms in total. The Hall–Kier alpha value is -3.16. The average Bonchev–Trinajstić information content (AvgIpc) is 3.16. The maximum Gasteiger partial charge on any atom is 0.265 e. The van der Waals surface area contributed by atoms with E-state index >= 15 is 0 Å². The summed E-state index contributed by atoms with van der Waals surface area (Å²) in [5.74, 6) is -1.27. The molecule has 0 fully saturated rings. The Morgan fingerprint density at radius 2 is 1.63 bits per heavy atom. The first-order valence-electron chi connectivity index (χ1n) is 7.79. The maximum absolute atomic E-state index is 12.5. The van der Waals surface area contributed by atoms with Crippen molar-refractivity contribution in [2.75, 3.05) is 10.6 Å². The van der Waals surface area contributed by atoms with E-state index in [4.69, 9.17) is 17.3 Å². The summed E-state index contributed by atoms with van der Waals surface area (Å²) in [6.07, 6.45) is 0. The van der Waals surface area contributed by atoms with Crippen LogP contribution in [0.4, 0.5) is 11.4 Å². The molecule has 0 saturated heterocycles. The number of primary amides is 1. The zero-order chi connectivity index (χ0) is 19.4. The predicted molar refractivity (Wildman–Crippen MR) is 107 cm³/mol. The van der Waals surface area contributed by atoms with E-state index in [2.05, 4.69) is 10.6 Å². The smallest absolute Gasteiger partial charge is 0.265 e. The number of rotatable bonds is 5. The third kappa shape index (κ3) is 4.52. The molecular weight excluding hydrogens is 386 g/mol. The van der Waals surface area contributed by atoms with E-state index < -0.39 is 5.91 Å². The molecule has 0 bridgehead atoms. The fourth-order valence-electron chi connectivity index (χ4n) is 2.33. The normalized spacial score (nSPS) is 10.3. The first-order chi connectivity index (χ1) is 12.9. The monoisotopic (exact) mass is 399 g/mol. The highest BCUT2D eigenvalue weighted by atomic mass is 35.5. The molecule has 1 aromatic heterocycles. The third-order valence-corrected chi connectivity index (χ3v) is 4.80. The van der Waals surface area contributed by atoms with Gasteiger partial charge in [-0.2, -0.15) is 0 Å². The van der Waals surface area contributed by atoms with Crippen molar-refractivity contribution in [3.8, 4) is 0 Å². The van der Waals surface area contributed by atoms with Gasteiger partial charge in [-0.25, -0.2) is 0 Å². The van der Waals surface area contributed by atoms with Crippen molar-refractivity contribution in [3.63, 3.8) is 0 Å². The highest BCUT2D eigenvalue weighted by Gasteiger charge is 2.12. The number of hydrogen-bond acceptors (Lipinski definition) is 4. The van der Waals surface area contributed by atoms with Crippen LogP contribution in [0.25, 0.3) is 0 Å². The first kappa shape index (κ1) is 18.6. The number of nitrogens with one attached hydrogen (secondary N) is 2. The second-order valence-corrected chi connectivity index (χ2v) is 6.88. The number of carbonyl (C=O) groups is 3. The van der Waals surface area contributed by atoms with Crippen LogP contribution in [0.15, 0.2) is 60.0 Å². The summed E-state index contributed by atoms with van der Waals surface area (Å²) < 4.78 is 0. The van der Waals surface area contributed by atoms with Gasteiger partial charge in [0.1, 0.15) is 0 Å². The summed E-state index contributed by atoms with van der Waals surface area (Å²) in [6, 6.07) is 14.5. The van der Waals surface area contributed by atoms with Crippen LogP contribution >= 0.6 is 22.9 Å². The molecule has 0 saturated carbocycles. The molecular formula is C19H14ClN3O3S. The van der Waals surface area contributed by atoms with Gasteiger partial charge in [-0.15, -0.1) is 11.3 Å². The maximum atomic E-state index is 12.5. The van der Waals surface area contributed by atoms with Crippen LogP contribution in [0, 0.1) is 0 Å². The Labute approximate surface area is 164 Å². The Bertz CT molecular complexity index is 1020. The van der Waals surface area contributed by atoms with Crippen molar-refractivity contribution in [2.45, 2.75) is 0 Å². The van der Waals surface area contributed by atoms with Crippen LogP contribution in [-0.2, 0) is 0 Å². The van der Waals surface area contributed by atoms with Gasteiger partial charge in [0.05, 0.1) is 15.5 Å². The van der Waals surface area contributed by atoms with Crippen LogP contribution in [0.5, 0.6) is 0 Å². The summed E-state index contributed by atoms with van der Waals surface area (Å²) in [5.41, 5.74) is 6.66. The zero-order valence-electron chi connectivity index (χ0n) is 13.9. The Kier molecular flexibility index (Phi) is 5.54. The molecule has 27 heavy (non-hydrogen) atoms. The van der Waals surface area contributed by atoms with Crippen LogP contribution in [0.3, 0.4) is 0 Å². The van der Waals surface area contributed by atoms with E-state index in [1.54, 1.807) is 36.4 Å². The van der Waals surface area contributed by atoms with E-state index in [-0.39, 0.29) is 22.4 Å². The van der Waals surface area contributed by atoms with Gasteiger partial charge in [-0.05, 0) is 47.8 Å². The van der Waals surface area contributed by atoms with Crippen molar-refractivity contribution in [1.29, 1.82) is 0 Å². The molecule has 4 N–H and O–H groups in total. The van der Waals surface area contributed by atoms with Crippen molar-refractivity contribution < 1.29 is 14.4 Å². The molecule has 1 heterocycles. The Balaban J connectivity index is 1.73. The molecule has 0 aliphatic heterocycles. The lowest BCUT2D eigenvalue weighted by atomic mass is 10.1. The fourth-order valence-corrected chi connectivity index (χ4v) is 3.23. The number of anilines is 2. The van der Waals surface area contributed by atoms with Crippen LogP contribution in [0.1, 0.15) is 30.4 Å². The van der Waals surface area contributed by atoms with Gasteiger partial charge in [-0.1, -0.05) is 23.7 Å². The molecule has 3 rings (SSSR count). The number of nitrogens with two attached hydrogens (primary N) is 1. The molecule has 0 atom stereocenters. The second-order valence-electron chi connectivity index (χ2n) is 5.53. The SMILES string of the molecule is NC(=O)c1ccc(NC(=O)c2cccc(NC(=O)c3cccs3)c2)cc1Cl. The van der Waals surface area contributed by atoms with E-state index in [0.29, 0.717) is 21.8 Å². The highest BCUT2D eigenvalue weighted by Crippen LogP contribution is 2.22. The summed E-state index contributed by atoms with van der Waals surface area (Å²) in [5, 5.41) is 7.40. The number of amides is 3. The van der Waals surface area contributed by atoms with Gasteiger partial charge in [0.2, 0.25) is 5.91 Å². The molecule has 136 valence electrons. The van der Waals surface area contributed by atoms with Crippen LogP contribution in [0.2, 0.25) is 5.02 Å². The molecule has 0 aliphatic rings. The fraction of sp³-hybridized carbons (Fsp3) is 0. The first-order valence-corrected chi connectivity index (χ1v) is 9.05. The van der Waals surface area contributed by atoms with Crippen molar-refractivity contribution in [1.82, 2.24) is 0 Å². The molecule has 8 heteroatoms. The highest BCUT2D eigenvalue weighted by molar-refractivity contribution is 7.12. The summed E-state index contributed by atoms with van der Waals surface area (Å²) in [4.78, 5) is 36.4. The lowest BCUT2D eigenvalue weighted by molar-refractivity contribution is 0.0997. The average molecular weight is 400 g/mol. The van der Waals surface area contributed by atoms with Gasteiger partial charge in [0.15, 0.2) is 0 Å². The molecule has 0 unspecified atom stereocenters. The third-order valence-electron chi connectivity index (χ3n) is 3.62. The Morgan fingerprint density at radius 1 is 0.889 bits per heavy atom. The summed E-state index contributed by atoms with van der Waals surface area (Å²) in [6.45, 7) is 0. The van der Waals surface area contributed by atoms with Crippen molar-refractivity contribution in [2.24, 2.45) is 5.73 Å². The predicted octanol–water partition coefficient (Wildman–Crippen LogP) is 4.01.